The molecule has 0 saturated carbocycles. The highest BCUT2D eigenvalue weighted by Gasteiger charge is 2.15. The van der Waals surface area contributed by atoms with E-state index in [0.29, 0.717) is 11.6 Å². The Morgan fingerprint density at radius 1 is 1.24 bits per heavy atom. The summed E-state index contributed by atoms with van der Waals surface area (Å²) in [6.45, 7) is 0.205. The molecular formula is C16H19F2N5O2. The molecule has 0 spiro atoms. The van der Waals surface area contributed by atoms with E-state index >= 15 is 0 Å². The van der Waals surface area contributed by atoms with E-state index in [-0.39, 0.29) is 12.2 Å². The van der Waals surface area contributed by atoms with Gasteiger partial charge in [0, 0.05) is 45.2 Å². The Balaban J connectivity index is 2.07. The molecule has 9 heteroatoms. The van der Waals surface area contributed by atoms with Gasteiger partial charge in [-0.1, -0.05) is 0 Å². The molecule has 1 aromatic carbocycles. The van der Waals surface area contributed by atoms with Gasteiger partial charge in [0.2, 0.25) is 5.95 Å². The number of hydrogen-bond donors (Lipinski definition) is 1. The summed E-state index contributed by atoms with van der Waals surface area (Å²) in [7, 11) is 6.32. The summed E-state index contributed by atoms with van der Waals surface area (Å²) in [5, 5.41) is 2.43. The number of methoxy groups -OCH3 is 1. The molecule has 0 aliphatic rings. The first-order chi connectivity index (χ1) is 11.8. The van der Waals surface area contributed by atoms with Crippen molar-refractivity contribution in [1.82, 2.24) is 14.9 Å². The van der Waals surface area contributed by atoms with Crippen LogP contribution < -0.4 is 15.0 Å². The molecule has 0 radical (unpaired) electrons. The van der Waals surface area contributed by atoms with Crippen LogP contribution in [0, 0.1) is 11.6 Å². The van der Waals surface area contributed by atoms with Gasteiger partial charge in [0.1, 0.15) is 0 Å². The van der Waals surface area contributed by atoms with Crippen molar-refractivity contribution in [2.24, 2.45) is 0 Å². The van der Waals surface area contributed by atoms with Gasteiger partial charge < -0.3 is 19.9 Å². The first-order valence-corrected chi connectivity index (χ1v) is 7.36. The first kappa shape index (κ1) is 18.4. The Labute approximate surface area is 144 Å². The van der Waals surface area contributed by atoms with Gasteiger partial charge >= 0.3 is 6.03 Å². The molecule has 2 amide bonds. The van der Waals surface area contributed by atoms with Crippen LogP contribution in [0.2, 0.25) is 0 Å². The fourth-order valence-corrected chi connectivity index (χ4v) is 2.05. The number of ether oxygens (including phenoxy) is 1. The van der Waals surface area contributed by atoms with Crippen LogP contribution in [-0.2, 0) is 6.54 Å². The molecule has 0 bridgehead atoms. The SMILES string of the molecule is COc1c(F)cc(NC(=O)N(C)Cc2ccnc(N(C)C)n2)cc1F. The van der Waals surface area contributed by atoms with Crippen LogP contribution in [0.4, 0.5) is 25.2 Å². The van der Waals surface area contributed by atoms with Gasteiger partial charge in [-0.05, 0) is 6.07 Å². The van der Waals surface area contributed by atoms with Gasteiger partial charge in [-0.3, -0.25) is 0 Å². The van der Waals surface area contributed by atoms with Crippen molar-refractivity contribution in [2.75, 3.05) is 38.5 Å². The molecular weight excluding hydrogens is 332 g/mol. The minimum absolute atomic E-state index is 0.00989. The standard InChI is InChI=1S/C16H19F2N5O2/c1-22(2)15-19-6-5-10(20-15)9-23(3)16(24)21-11-7-12(17)14(25-4)13(18)8-11/h5-8H,9H2,1-4H3,(H,21,24). The highest BCUT2D eigenvalue weighted by molar-refractivity contribution is 5.89. The number of urea groups is 1. The third-order valence-electron chi connectivity index (χ3n) is 3.30. The highest BCUT2D eigenvalue weighted by Crippen LogP contribution is 2.25. The van der Waals surface area contributed by atoms with Crippen LogP contribution in [0.3, 0.4) is 0 Å². The third kappa shape index (κ3) is 4.52. The average molecular weight is 351 g/mol. The summed E-state index contributed by atoms with van der Waals surface area (Å²) < 4.78 is 32.0. The molecule has 1 N–H and O–H groups in total. The molecule has 0 aliphatic carbocycles. The summed E-state index contributed by atoms with van der Waals surface area (Å²) >= 11 is 0. The zero-order chi connectivity index (χ0) is 18.6. The van der Waals surface area contributed by atoms with E-state index < -0.39 is 23.4 Å². The van der Waals surface area contributed by atoms with Gasteiger partial charge in [0.15, 0.2) is 17.4 Å². The van der Waals surface area contributed by atoms with Crippen molar-refractivity contribution >= 4 is 17.7 Å². The molecule has 0 saturated heterocycles. The number of rotatable bonds is 5. The maximum absolute atomic E-state index is 13.7. The molecule has 2 aromatic rings. The van der Waals surface area contributed by atoms with Crippen LogP contribution >= 0.6 is 0 Å². The Bertz CT molecular complexity index is 747. The number of aromatic nitrogens is 2. The number of amides is 2. The van der Waals surface area contributed by atoms with Gasteiger partial charge in [0.05, 0.1) is 19.3 Å². The number of halogens is 2. The third-order valence-corrected chi connectivity index (χ3v) is 3.30. The molecule has 1 heterocycles. The van der Waals surface area contributed by atoms with Gasteiger partial charge in [-0.15, -0.1) is 0 Å². The second-order valence-electron chi connectivity index (χ2n) is 5.50. The van der Waals surface area contributed by atoms with Crippen molar-refractivity contribution in [3.05, 3.63) is 41.7 Å². The lowest BCUT2D eigenvalue weighted by Crippen LogP contribution is -2.31. The minimum atomic E-state index is -0.896. The van der Waals surface area contributed by atoms with E-state index in [9.17, 15) is 13.6 Å². The molecule has 25 heavy (non-hydrogen) atoms. The van der Waals surface area contributed by atoms with Crippen LogP contribution in [-0.4, -0.2) is 49.2 Å². The molecule has 134 valence electrons. The summed E-state index contributed by atoms with van der Waals surface area (Å²) in [6, 6.07) is 3.13. The number of hydrogen-bond acceptors (Lipinski definition) is 5. The normalized spacial score (nSPS) is 10.3. The number of anilines is 2. The number of carbonyl (C=O) groups is 1. The lowest BCUT2D eigenvalue weighted by atomic mass is 10.2. The average Bonchev–Trinajstić information content (AvgIpc) is 2.54. The summed E-state index contributed by atoms with van der Waals surface area (Å²) in [4.78, 5) is 23.7. The quantitative estimate of drug-likeness (QED) is 0.896. The van der Waals surface area contributed by atoms with Crippen LogP contribution in [0.25, 0.3) is 0 Å². The molecule has 0 atom stereocenters. The highest BCUT2D eigenvalue weighted by atomic mass is 19.1. The molecule has 0 unspecified atom stereocenters. The first-order valence-electron chi connectivity index (χ1n) is 7.36. The lowest BCUT2D eigenvalue weighted by Gasteiger charge is -2.19. The second kappa shape index (κ2) is 7.73. The van der Waals surface area contributed by atoms with Gasteiger partial charge in [-0.25, -0.2) is 23.5 Å². The smallest absolute Gasteiger partial charge is 0.321 e. The summed E-state index contributed by atoms with van der Waals surface area (Å²) in [6.07, 6.45) is 1.59. The Morgan fingerprint density at radius 2 is 1.88 bits per heavy atom. The number of nitrogens with zero attached hydrogens (tertiary/aromatic N) is 4. The van der Waals surface area contributed by atoms with Gasteiger partial charge in [0.25, 0.3) is 0 Å². The fraction of sp³-hybridized carbons (Fsp3) is 0.312. The van der Waals surface area contributed by atoms with E-state index in [1.807, 2.05) is 14.1 Å². The number of nitrogens with one attached hydrogen (secondary N) is 1. The van der Waals surface area contributed by atoms with Crippen molar-refractivity contribution in [3.63, 3.8) is 0 Å². The predicted octanol–water partition coefficient (Wildman–Crippen LogP) is 2.49. The molecule has 7 nitrogen and oxygen atoms in total. The predicted molar refractivity (Wildman–Crippen MR) is 89.8 cm³/mol. The lowest BCUT2D eigenvalue weighted by molar-refractivity contribution is 0.220. The van der Waals surface area contributed by atoms with E-state index in [1.165, 1.54) is 4.90 Å². The van der Waals surface area contributed by atoms with Crippen molar-refractivity contribution in [2.45, 2.75) is 6.54 Å². The van der Waals surface area contributed by atoms with Crippen molar-refractivity contribution in [3.8, 4) is 5.75 Å². The molecule has 0 aliphatic heterocycles. The minimum Gasteiger partial charge on any atom is -0.491 e. The van der Waals surface area contributed by atoms with Gasteiger partial charge in [-0.2, -0.15) is 0 Å². The fourth-order valence-electron chi connectivity index (χ4n) is 2.05. The second-order valence-corrected chi connectivity index (χ2v) is 5.50. The molecule has 2 rings (SSSR count). The van der Waals surface area contributed by atoms with Crippen molar-refractivity contribution in [1.29, 1.82) is 0 Å². The number of benzene rings is 1. The Hall–Kier alpha value is -2.97. The van der Waals surface area contributed by atoms with E-state index in [2.05, 4.69) is 20.0 Å². The maximum Gasteiger partial charge on any atom is 0.321 e. The van der Waals surface area contributed by atoms with Crippen molar-refractivity contribution < 1.29 is 18.3 Å². The van der Waals surface area contributed by atoms with E-state index in [1.54, 1.807) is 24.2 Å². The molecule has 0 fully saturated rings. The Kier molecular flexibility index (Phi) is 5.68. The monoisotopic (exact) mass is 351 g/mol. The zero-order valence-corrected chi connectivity index (χ0v) is 14.4. The van der Waals surface area contributed by atoms with Crippen LogP contribution in [0.15, 0.2) is 24.4 Å². The summed E-state index contributed by atoms with van der Waals surface area (Å²) in [5.41, 5.74) is 0.618. The molecule has 1 aromatic heterocycles. The topological polar surface area (TPSA) is 70.6 Å². The Morgan fingerprint density at radius 3 is 2.44 bits per heavy atom. The zero-order valence-electron chi connectivity index (χ0n) is 14.4. The van der Waals surface area contributed by atoms with E-state index in [4.69, 9.17) is 0 Å². The summed E-state index contributed by atoms with van der Waals surface area (Å²) in [5.74, 6) is -1.77. The van der Waals surface area contributed by atoms with Crippen LogP contribution in [0.1, 0.15) is 5.69 Å². The largest absolute Gasteiger partial charge is 0.491 e. The maximum atomic E-state index is 13.7. The van der Waals surface area contributed by atoms with Crippen LogP contribution in [0.5, 0.6) is 5.75 Å². The number of carbonyl (C=O) groups excluding carboxylic acids is 1. The van der Waals surface area contributed by atoms with E-state index in [0.717, 1.165) is 19.2 Å².